The van der Waals surface area contributed by atoms with Crippen LogP contribution < -0.4 is 20.6 Å². The molecule has 2 heterocycles. The van der Waals surface area contributed by atoms with Gasteiger partial charge in [-0.15, -0.1) is 0 Å². The molecule has 0 spiro atoms. The average molecular weight is 246 g/mol. The number of aromatic amines is 2. The monoisotopic (exact) mass is 246 g/mol. The first-order chi connectivity index (χ1) is 8.95. The van der Waals surface area contributed by atoms with Crippen molar-refractivity contribution in [3.63, 3.8) is 0 Å². The predicted octanol–water partition coefficient (Wildman–Crippen LogP) is 0.409. The molecule has 0 aliphatic heterocycles. The van der Waals surface area contributed by atoms with Gasteiger partial charge >= 0.3 is 11.9 Å². The maximum atomic E-state index is 4.15. The number of nitrogens with one attached hydrogen (secondary N) is 4. The molecule has 0 saturated heterocycles. The summed E-state index contributed by atoms with van der Waals surface area (Å²) >= 11 is 0. The fraction of sp³-hybridized carbons (Fsp3) is 0.333. The summed E-state index contributed by atoms with van der Waals surface area (Å²) in [6.45, 7) is 1.81. The second-order valence-electron chi connectivity index (χ2n) is 3.82. The summed E-state index contributed by atoms with van der Waals surface area (Å²) in [6, 6.07) is 3.72. The van der Waals surface area contributed by atoms with Gasteiger partial charge in [0.2, 0.25) is 0 Å². The number of H-pyrrole nitrogens is 2. The minimum Gasteiger partial charge on any atom is -0.275 e. The van der Waals surface area contributed by atoms with Gasteiger partial charge in [-0.1, -0.05) is 9.97 Å². The summed E-state index contributed by atoms with van der Waals surface area (Å²) in [5.41, 5.74) is 0. The molecule has 0 aromatic carbocycles. The molecule has 0 atom stereocenters. The minimum atomic E-state index is 0.809. The lowest BCUT2D eigenvalue weighted by molar-refractivity contribution is -0.365. The molecule has 2 aromatic rings. The Labute approximate surface area is 106 Å². The number of aromatic nitrogens is 4. The normalized spacial score (nSPS) is 10.0. The largest absolute Gasteiger partial charge is 0.389 e. The summed E-state index contributed by atoms with van der Waals surface area (Å²) in [5, 5.41) is 6.45. The van der Waals surface area contributed by atoms with Gasteiger partial charge in [-0.2, -0.15) is 0 Å². The molecule has 0 bridgehead atoms. The van der Waals surface area contributed by atoms with E-state index in [0.29, 0.717) is 0 Å². The zero-order chi connectivity index (χ0) is 12.5. The van der Waals surface area contributed by atoms with Crippen LogP contribution in [0.1, 0.15) is 12.8 Å². The maximum Gasteiger partial charge on any atom is 0.389 e. The molecule has 0 aliphatic rings. The molecule has 94 valence electrons. The van der Waals surface area contributed by atoms with Crippen LogP contribution in [-0.4, -0.2) is 23.1 Å². The van der Waals surface area contributed by atoms with E-state index in [9.17, 15) is 0 Å². The van der Waals surface area contributed by atoms with Gasteiger partial charge in [-0.3, -0.25) is 10.6 Å². The molecular formula is C12H18N6+2. The summed E-state index contributed by atoms with van der Waals surface area (Å²) < 4.78 is 0. The Morgan fingerprint density at radius 1 is 0.833 bits per heavy atom. The van der Waals surface area contributed by atoms with Gasteiger partial charge in [0, 0.05) is 12.1 Å². The number of anilines is 2. The third kappa shape index (κ3) is 4.32. The lowest BCUT2D eigenvalue weighted by atomic mass is 10.3. The van der Waals surface area contributed by atoms with Crippen LogP contribution in [0.25, 0.3) is 0 Å². The first-order valence-corrected chi connectivity index (χ1v) is 6.08. The third-order valence-electron chi connectivity index (χ3n) is 2.40. The molecule has 0 amide bonds. The quantitative estimate of drug-likeness (QED) is 0.694. The first-order valence-electron chi connectivity index (χ1n) is 6.08. The highest BCUT2D eigenvalue weighted by molar-refractivity contribution is 5.15. The Balaban J connectivity index is 1.54. The zero-order valence-corrected chi connectivity index (χ0v) is 10.2. The topological polar surface area (TPSA) is 78.1 Å². The molecule has 6 heteroatoms. The van der Waals surface area contributed by atoms with Crippen LogP contribution in [0.5, 0.6) is 0 Å². The molecule has 2 aromatic heterocycles. The van der Waals surface area contributed by atoms with E-state index in [4.69, 9.17) is 0 Å². The maximum absolute atomic E-state index is 4.15. The number of nitrogens with zero attached hydrogens (tertiary/aromatic N) is 2. The van der Waals surface area contributed by atoms with Crippen LogP contribution >= 0.6 is 0 Å². The Morgan fingerprint density at radius 2 is 1.33 bits per heavy atom. The van der Waals surface area contributed by atoms with Gasteiger partial charge in [-0.05, 0) is 12.8 Å². The van der Waals surface area contributed by atoms with Gasteiger partial charge < -0.3 is 0 Å². The van der Waals surface area contributed by atoms with E-state index in [1.807, 2.05) is 24.5 Å². The molecule has 0 fully saturated rings. The summed E-state index contributed by atoms with van der Waals surface area (Å²) in [6.07, 6.45) is 9.38. The second kappa shape index (κ2) is 7.16. The van der Waals surface area contributed by atoms with E-state index in [1.165, 1.54) is 0 Å². The fourth-order valence-electron chi connectivity index (χ4n) is 1.51. The minimum absolute atomic E-state index is 0.809. The van der Waals surface area contributed by atoms with E-state index in [-0.39, 0.29) is 0 Å². The van der Waals surface area contributed by atoms with Crippen molar-refractivity contribution in [2.75, 3.05) is 23.7 Å². The molecule has 6 nitrogen and oxygen atoms in total. The van der Waals surface area contributed by atoms with Crippen molar-refractivity contribution < 1.29 is 9.97 Å². The molecule has 0 unspecified atom stereocenters. The number of unbranched alkanes of at least 4 members (excludes halogenated alkanes) is 1. The molecule has 2 rings (SSSR count). The standard InChI is InChI=1S/C12H16N6/c1(5-13-11-15-7-3-8-16-11)2-6-14-12-17-9-4-10-18-12/h3-4,7-10H,1-2,5-6H2,(H,13,15,16)(H,14,17,18)/p+2. The Bertz CT molecular complexity index is 389. The van der Waals surface area contributed by atoms with E-state index in [0.717, 1.165) is 37.8 Å². The number of hydrogen-bond acceptors (Lipinski definition) is 4. The molecule has 0 aliphatic carbocycles. The van der Waals surface area contributed by atoms with E-state index in [1.54, 1.807) is 12.4 Å². The van der Waals surface area contributed by atoms with Crippen molar-refractivity contribution in [2.45, 2.75) is 12.8 Å². The second-order valence-corrected chi connectivity index (χ2v) is 3.82. The van der Waals surface area contributed by atoms with E-state index in [2.05, 4.69) is 30.6 Å². The van der Waals surface area contributed by atoms with Crippen molar-refractivity contribution in [1.29, 1.82) is 0 Å². The molecular weight excluding hydrogens is 228 g/mol. The van der Waals surface area contributed by atoms with Crippen molar-refractivity contribution in [1.82, 2.24) is 9.97 Å². The number of hydrogen-bond donors (Lipinski definition) is 2. The summed E-state index contributed by atoms with van der Waals surface area (Å²) in [5.74, 6) is 1.62. The Kier molecular flexibility index (Phi) is 4.86. The first kappa shape index (κ1) is 12.2. The van der Waals surface area contributed by atoms with Crippen LogP contribution in [0.3, 0.4) is 0 Å². The Morgan fingerprint density at radius 3 is 1.72 bits per heavy atom. The predicted molar refractivity (Wildman–Crippen MR) is 67.8 cm³/mol. The molecule has 4 N–H and O–H groups in total. The van der Waals surface area contributed by atoms with Gasteiger partial charge in [0.1, 0.15) is 12.4 Å². The number of rotatable bonds is 7. The van der Waals surface area contributed by atoms with Crippen LogP contribution in [-0.2, 0) is 0 Å². The van der Waals surface area contributed by atoms with Gasteiger partial charge in [0.15, 0.2) is 0 Å². The van der Waals surface area contributed by atoms with Crippen molar-refractivity contribution in [3.05, 3.63) is 36.9 Å². The van der Waals surface area contributed by atoms with Gasteiger partial charge in [0.25, 0.3) is 0 Å². The smallest absolute Gasteiger partial charge is 0.275 e. The SMILES string of the molecule is c1cnc(NCCCCNc2nccc[nH+]2)[nH+]c1. The van der Waals surface area contributed by atoms with E-state index >= 15 is 0 Å². The van der Waals surface area contributed by atoms with Crippen LogP contribution in [0.15, 0.2) is 36.9 Å². The van der Waals surface area contributed by atoms with Crippen molar-refractivity contribution >= 4 is 11.9 Å². The lowest BCUT2D eigenvalue weighted by Gasteiger charge is -1.98. The highest BCUT2D eigenvalue weighted by Crippen LogP contribution is 1.94. The van der Waals surface area contributed by atoms with Crippen LogP contribution in [0.2, 0.25) is 0 Å². The van der Waals surface area contributed by atoms with Crippen molar-refractivity contribution in [2.24, 2.45) is 0 Å². The molecule has 18 heavy (non-hydrogen) atoms. The van der Waals surface area contributed by atoms with Gasteiger partial charge in [-0.25, -0.2) is 9.97 Å². The van der Waals surface area contributed by atoms with Gasteiger partial charge in [0.05, 0.1) is 25.5 Å². The fourth-order valence-corrected chi connectivity index (χ4v) is 1.51. The lowest BCUT2D eigenvalue weighted by Crippen LogP contribution is -2.17. The average Bonchev–Trinajstić information content (AvgIpc) is 2.45. The molecule has 0 saturated carbocycles. The highest BCUT2D eigenvalue weighted by Gasteiger charge is 2.02. The molecule has 0 radical (unpaired) electrons. The van der Waals surface area contributed by atoms with Crippen LogP contribution in [0.4, 0.5) is 11.9 Å². The van der Waals surface area contributed by atoms with E-state index < -0.39 is 0 Å². The zero-order valence-electron chi connectivity index (χ0n) is 10.2. The van der Waals surface area contributed by atoms with Crippen LogP contribution in [0, 0.1) is 0 Å². The van der Waals surface area contributed by atoms with Crippen molar-refractivity contribution in [3.8, 4) is 0 Å². The highest BCUT2D eigenvalue weighted by atomic mass is 15.1. The summed E-state index contributed by atoms with van der Waals surface area (Å²) in [7, 11) is 0. The Hall–Kier alpha value is -2.24. The summed E-state index contributed by atoms with van der Waals surface area (Å²) in [4.78, 5) is 14.4. The third-order valence-corrected chi connectivity index (χ3v) is 2.40.